The highest BCUT2D eigenvalue weighted by molar-refractivity contribution is 7.15. The van der Waals surface area contributed by atoms with Crippen LogP contribution in [-0.4, -0.2) is 52.9 Å². The number of nitrogens with one attached hydrogen (secondary N) is 1. The number of hydrogen-bond acceptors (Lipinski definition) is 6. The number of rotatable bonds is 5. The monoisotopic (exact) mass is 439 g/mol. The van der Waals surface area contributed by atoms with Crippen LogP contribution in [0.2, 0.25) is 0 Å². The molecule has 31 heavy (non-hydrogen) atoms. The summed E-state index contributed by atoms with van der Waals surface area (Å²) >= 11 is 1.73. The second-order valence-corrected chi connectivity index (χ2v) is 9.88. The molecule has 2 aromatic rings. The number of aryl methyl sites for hydroxylation is 1. The smallest absolute Gasteiger partial charge is 0.225 e. The number of pyridine rings is 1. The first-order valence-electron chi connectivity index (χ1n) is 11.4. The van der Waals surface area contributed by atoms with Gasteiger partial charge in [0.2, 0.25) is 11.8 Å². The van der Waals surface area contributed by atoms with Gasteiger partial charge < -0.3 is 15.1 Å². The number of carbonyl (C=O) groups excluding carboxylic acids is 2. The summed E-state index contributed by atoms with van der Waals surface area (Å²) in [4.78, 5) is 39.7. The highest BCUT2D eigenvalue weighted by atomic mass is 32.1. The molecule has 0 bridgehead atoms. The van der Waals surface area contributed by atoms with Crippen molar-refractivity contribution in [2.75, 3.05) is 31.1 Å². The van der Waals surface area contributed by atoms with Crippen LogP contribution < -0.4 is 10.2 Å². The van der Waals surface area contributed by atoms with Gasteiger partial charge in [0.1, 0.15) is 0 Å². The molecule has 164 valence electrons. The van der Waals surface area contributed by atoms with E-state index in [0.717, 1.165) is 74.7 Å². The molecule has 7 nitrogen and oxygen atoms in total. The molecule has 1 aliphatic heterocycles. The van der Waals surface area contributed by atoms with Gasteiger partial charge in [-0.05, 0) is 49.8 Å². The lowest BCUT2D eigenvalue weighted by atomic mass is 9.84. The van der Waals surface area contributed by atoms with Gasteiger partial charge in [0.05, 0.1) is 5.69 Å². The van der Waals surface area contributed by atoms with Crippen molar-refractivity contribution in [1.82, 2.24) is 20.2 Å². The number of hydrogen-bond donors (Lipinski definition) is 1. The molecule has 0 radical (unpaired) electrons. The standard InChI is InChI=1S/C23H29N5O2S/c29-21(25-15-16-6-8-24-9-7-16)18-4-5-19-20(14-18)31-23(26-19)28-12-10-27(11-13-28)22(30)17-2-1-3-17/h6-9,17-18H,1-5,10-15H2,(H,25,29)/t18-/m1/s1. The van der Waals surface area contributed by atoms with Crippen LogP contribution in [0.5, 0.6) is 0 Å². The fraction of sp³-hybridized carbons (Fsp3) is 0.565. The number of nitrogens with zero attached hydrogens (tertiary/aromatic N) is 4. The number of fused-ring (bicyclic) bond motifs is 1. The van der Waals surface area contributed by atoms with E-state index in [1.54, 1.807) is 23.7 Å². The van der Waals surface area contributed by atoms with Crippen molar-refractivity contribution in [3.63, 3.8) is 0 Å². The van der Waals surface area contributed by atoms with Crippen LogP contribution in [0.3, 0.4) is 0 Å². The SMILES string of the molecule is O=C(NCc1ccncc1)[C@@H]1CCc2nc(N3CCN(C(=O)C4CCC4)CC3)sc2C1. The van der Waals surface area contributed by atoms with E-state index in [1.807, 2.05) is 17.0 Å². The lowest BCUT2D eigenvalue weighted by molar-refractivity contribution is -0.138. The summed E-state index contributed by atoms with van der Waals surface area (Å²) in [6.07, 6.45) is 9.30. The van der Waals surface area contributed by atoms with E-state index in [2.05, 4.69) is 15.2 Å². The van der Waals surface area contributed by atoms with Crippen LogP contribution in [0.1, 0.15) is 41.8 Å². The molecular weight excluding hydrogens is 410 g/mol. The van der Waals surface area contributed by atoms with E-state index in [0.29, 0.717) is 12.5 Å². The number of piperazine rings is 1. The van der Waals surface area contributed by atoms with Crippen LogP contribution in [0.4, 0.5) is 5.13 Å². The Morgan fingerprint density at radius 1 is 1.06 bits per heavy atom. The molecule has 2 fully saturated rings. The molecule has 1 N–H and O–H groups in total. The van der Waals surface area contributed by atoms with E-state index in [4.69, 9.17) is 4.98 Å². The zero-order chi connectivity index (χ0) is 21.2. The van der Waals surface area contributed by atoms with Gasteiger partial charge in [0, 0.05) is 61.8 Å². The summed E-state index contributed by atoms with van der Waals surface area (Å²) < 4.78 is 0. The molecule has 3 aliphatic rings. The predicted molar refractivity (Wildman–Crippen MR) is 120 cm³/mol. The fourth-order valence-electron chi connectivity index (χ4n) is 4.59. The highest BCUT2D eigenvalue weighted by Gasteiger charge is 2.33. The van der Waals surface area contributed by atoms with Crippen molar-refractivity contribution < 1.29 is 9.59 Å². The summed E-state index contributed by atoms with van der Waals surface area (Å²) in [5.74, 6) is 0.769. The van der Waals surface area contributed by atoms with Crippen molar-refractivity contribution >= 4 is 28.3 Å². The molecule has 0 spiro atoms. The Kier molecular flexibility index (Phi) is 5.89. The van der Waals surface area contributed by atoms with Gasteiger partial charge in [0.15, 0.2) is 5.13 Å². The molecule has 5 rings (SSSR count). The summed E-state index contributed by atoms with van der Waals surface area (Å²) in [5.41, 5.74) is 2.22. The van der Waals surface area contributed by atoms with E-state index >= 15 is 0 Å². The minimum Gasteiger partial charge on any atom is -0.352 e. The van der Waals surface area contributed by atoms with Gasteiger partial charge in [-0.1, -0.05) is 6.42 Å². The number of anilines is 1. The molecule has 1 saturated heterocycles. The Labute approximate surface area is 186 Å². The van der Waals surface area contributed by atoms with Gasteiger partial charge in [-0.2, -0.15) is 0 Å². The van der Waals surface area contributed by atoms with E-state index in [-0.39, 0.29) is 17.7 Å². The highest BCUT2D eigenvalue weighted by Crippen LogP contribution is 2.35. The Balaban J connectivity index is 1.15. The molecular formula is C23H29N5O2S. The number of carbonyl (C=O) groups is 2. The average molecular weight is 440 g/mol. The van der Waals surface area contributed by atoms with Crippen molar-refractivity contribution in [2.45, 2.75) is 45.1 Å². The van der Waals surface area contributed by atoms with E-state index < -0.39 is 0 Å². The third-order valence-electron chi connectivity index (χ3n) is 6.83. The Bertz CT molecular complexity index is 935. The van der Waals surface area contributed by atoms with Crippen molar-refractivity contribution in [3.8, 4) is 0 Å². The minimum absolute atomic E-state index is 0.0135. The van der Waals surface area contributed by atoms with Crippen LogP contribution in [-0.2, 0) is 29.0 Å². The summed E-state index contributed by atoms with van der Waals surface area (Å²) in [5, 5.41) is 4.13. The second kappa shape index (κ2) is 8.94. The average Bonchev–Trinajstić information content (AvgIpc) is 3.20. The number of aromatic nitrogens is 2. The molecule has 2 aromatic heterocycles. The summed E-state index contributed by atoms with van der Waals surface area (Å²) in [6, 6.07) is 3.85. The van der Waals surface area contributed by atoms with Gasteiger partial charge in [-0.3, -0.25) is 14.6 Å². The first-order valence-corrected chi connectivity index (χ1v) is 12.2. The Morgan fingerprint density at radius 3 is 2.55 bits per heavy atom. The van der Waals surface area contributed by atoms with Crippen LogP contribution in [0.25, 0.3) is 0 Å². The van der Waals surface area contributed by atoms with Crippen molar-refractivity contribution in [2.24, 2.45) is 11.8 Å². The topological polar surface area (TPSA) is 78.4 Å². The lowest BCUT2D eigenvalue weighted by Gasteiger charge is -2.38. The largest absolute Gasteiger partial charge is 0.352 e. The predicted octanol–water partition coefficient (Wildman–Crippen LogP) is 2.41. The van der Waals surface area contributed by atoms with E-state index in [9.17, 15) is 9.59 Å². The molecule has 3 heterocycles. The molecule has 2 aliphatic carbocycles. The minimum atomic E-state index is 0.0135. The number of thiazole rings is 1. The van der Waals surface area contributed by atoms with Crippen molar-refractivity contribution in [1.29, 1.82) is 0 Å². The molecule has 0 unspecified atom stereocenters. The molecule has 8 heteroatoms. The molecule has 1 atom stereocenters. The van der Waals surface area contributed by atoms with Crippen LogP contribution in [0, 0.1) is 11.8 Å². The fourth-order valence-corrected chi connectivity index (χ4v) is 5.82. The van der Waals surface area contributed by atoms with E-state index in [1.165, 1.54) is 11.3 Å². The zero-order valence-corrected chi connectivity index (χ0v) is 18.6. The maximum atomic E-state index is 12.7. The zero-order valence-electron chi connectivity index (χ0n) is 17.8. The van der Waals surface area contributed by atoms with Crippen molar-refractivity contribution in [3.05, 3.63) is 40.7 Å². The molecule has 2 amide bonds. The molecule has 1 saturated carbocycles. The third kappa shape index (κ3) is 4.44. The quantitative estimate of drug-likeness (QED) is 0.774. The lowest BCUT2D eigenvalue weighted by Crippen LogP contribution is -2.51. The Hall–Kier alpha value is -2.48. The summed E-state index contributed by atoms with van der Waals surface area (Å²) in [6.45, 7) is 3.82. The first-order chi connectivity index (χ1) is 15.2. The third-order valence-corrected chi connectivity index (χ3v) is 8.01. The van der Waals surface area contributed by atoms with Gasteiger partial charge in [-0.25, -0.2) is 4.98 Å². The normalized spacial score (nSPS) is 21.4. The van der Waals surface area contributed by atoms with Gasteiger partial charge >= 0.3 is 0 Å². The first kappa shape index (κ1) is 20.4. The molecule has 0 aromatic carbocycles. The van der Waals surface area contributed by atoms with Gasteiger partial charge in [-0.15, -0.1) is 11.3 Å². The van der Waals surface area contributed by atoms with Crippen LogP contribution in [0.15, 0.2) is 24.5 Å². The maximum absolute atomic E-state index is 12.7. The maximum Gasteiger partial charge on any atom is 0.225 e. The van der Waals surface area contributed by atoms with Crippen LogP contribution >= 0.6 is 11.3 Å². The Morgan fingerprint density at radius 2 is 1.84 bits per heavy atom. The summed E-state index contributed by atoms with van der Waals surface area (Å²) in [7, 11) is 0. The number of amides is 2. The second-order valence-electron chi connectivity index (χ2n) is 8.82. The van der Waals surface area contributed by atoms with Gasteiger partial charge in [0.25, 0.3) is 0 Å².